The van der Waals surface area contributed by atoms with Crippen molar-refractivity contribution in [1.82, 2.24) is 20.4 Å². The summed E-state index contributed by atoms with van der Waals surface area (Å²) in [5.74, 6) is -0.855. The van der Waals surface area contributed by atoms with E-state index in [4.69, 9.17) is 4.74 Å². The lowest BCUT2D eigenvalue weighted by Gasteiger charge is -2.11. The van der Waals surface area contributed by atoms with Crippen molar-refractivity contribution < 1.29 is 19.1 Å². The van der Waals surface area contributed by atoms with Gasteiger partial charge in [-0.05, 0) is 6.92 Å². The van der Waals surface area contributed by atoms with Gasteiger partial charge in [-0.15, -0.1) is 10.2 Å². The highest BCUT2D eigenvalue weighted by Crippen LogP contribution is 2.15. The van der Waals surface area contributed by atoms with Crippen LogP contribution in [0.4, 0.5) is 9.93 Å². The van der Waals surface area contributed by atoms with Crippen LogP contribution in [0, 0.1) is 0 Å². The van der Waals surface area contributed by atoms with Gasteiger partial charge in [-0.3, -0.25) is 20.2 Å². The maximum absolute atomic E-state index is 11.7. The lowest BCUT2D eigenvalue weighted by atomic mass is 10.5. The molecule has 0 radical (unpaired) electrons. The molecule has 2 N–H and O–H groups in total. The van der Waals surface area contributed by atoms with Crippen LogP contribution in [-0.2, 0) is 20.9 Å². The van der Waals surface area contributed by atoms with Crippen molar-refractivity contribution in [3.63, 3.8) is 0 Å². The van der Waals surface area contributed by atoms with Gasteiger partial charge in [0.2, 0.25) is 16.9 Å². The van der Waals surface area contributed by atoms with E-state index < -0.39 is 17.8 Å². The summed E-state index contributed by atoms with van der Waals surface area (Å²) >= 11 is 1.20. The number of carbonyl (C=O) groups is 3. The largest absolute Gasteiger partial charge is 0.374 e. The van der Waals surface area contributed by atoms with E-state index in [1.54, 1.807) is 0 Å². The molecule has 1 aromatic rings. The average molecular weight is 299 g/mol. The third kappa shape index (κ3) is 3.71. The smallest absolute Gasteiger partial charge is 0.325 e. The Balaban J connectivity index is 1.83. The summed E-state index contributed by atoms with van der Waals surface area (Å²) in [5.41, 5.74) is 0. The molecule has 20 heavy (non-hydrogen) atoms. The van der Waals surface area contributed by atoms with Crippen molar-refractivity contribution in [2.45, 2.75) is 13.5 Å². The molecular weight excluding hydrogens is 286 g/mol. The second-order valence-electron chi connectivity index (χ2n) is 3.90. The fourth-order valence-electron chi connectivity index (χ4n) is 1.49. The van der Waals surface area contributed by atoms with Gasteiger partial charge in [0.25, 0.3) is 0 Å². The fraction of sp³-hybridized carbons (Fsp3) is 0.500. The van der Waals surface area contributed by atoms with Crippen LogP contribution in [0.3, 0.4) is 0 Å². The third-order valence-electron chi connectivity index (χ3n) is 2.35. The summed E-state index contributed by atoms with van der Waals surface area (Å²) < 4.78 is 5.17. The molecular formula is C10H13N5O4S. The van der Waals surface area contributed by atoms with Gasteiger partial charge in [-0.2, -0.15) is 0 Å². The highest BCUT2D eigenvalue weighted by Gasteiger charge is 2.28. The zero-order valence-corrected chi connectivity index (χ0v) is 11.5. The van der Waals surface area contributed by atoms with E-state index in [1.807, 2.05) is 6.92 Å². The molecule has 2 heterocycles. The summed E-state index contributed by atoms with van der Waals surface area (Å²) in [6, 6.07) is -0.570. The molecule has 10 heteroatoms. The number of hydrogen-bond donors (Lipinski definition) is 2. The third-order valence-corrected chi connectivity index (χ3v) is 3.16. The molecule has 4 amide bonds. The lowest BCUT2D eigenvalue weighted by Crippen LogP contribution is -2.35. The van der Waals surface area contributed by atoms with Crippen LogP contribution >= 0.6 is 11.3 Å². The van der Waals surface area contributed by atoms with Crippen LogP contribution in [0.2, 0.25) is 0 Å². The van der Waals surface area contributed by atoms with E-state index in [0.717, 1.165) is 4.90 Å². The molecule has 108 valence electrons. The Hall–Kier alpha value is -2.07. The monoisotopic (exact) mass is 299 g/mol. The Bertz CT molecular complexity index is 531. The first-order valence-electron chi connectivity index (χ1n) is 5.87. The fourth-order valence-corrected chi connectivity index (χ4v) is 2.19. The molecule has 1 aliphatic heterocycles. The van der Waals surface area contributed by atoms with Gasteiger partial charge in [0.15, 0.2) is 0 Å². The van der Waals surface area contributed by atoms with E-state index in [2.05, 4.69) is 20.8 Å². The molecule has 0 unspecified atom stereocenters. The van der Waals surface area contributed by atoms with Crippen LogP contribution in [0.1, 0.15) is 11.9 Å². The topological polar surface area (TPSA) is 114 Å². The van der Waals surface area contributed by atoms with E-state index in [9.17, 15) is 14.4 Å². The molecule has 2 rings (SSSR count). The summed E-state index contributed by atoms with van der Waals surface area (Å²) in [4.78, 5) is 35.1. The second kappa shape index (κ2) is 6.39. The van der Waals surface area contributed by atoms with E-state index in [0.29, 0.717) is 23.4 Å². The standard InChI is InChI=1S/C10H13N5O4S/c1-2-19-5-8-13-14-9(20-8)11-6(16)3-15-4-7(17)12-10(15)18/h2-5H2,1H3,(H,11,14,16)(H,12,17,18). The first kappa shape index (κ1) is 14.3. The molecule has 1 fully saturated rings. The Morgan fingerprint density at radius 1 is 1.50 bits per heavy atom. The molecule has 1 aliphatic rings. The number of urea groups is 1. The van der Waals surface area contributed by atoms with Crippen LogP contribution in [-0.4, -0.2) is 52.6 Å². The number of nitrogens with zero attached hydrogens (tertiary/aromatic N) is 3. The number of anilines is 1. The number of amides is 4. The highest BCUT2D eigenvalue weighted by molar-refractivity contribution is 7.15. The molecule has 9 nitrogen and oxygen atoms in total. The molecule has 0 aromatic carbocycles. The Labute approximate surface area is 118 Å². The highest BCUT2D eigenvalue weighted by atomic mass is 32.1. The number of rotatable bonds is 6. The number of imide groups is 1. The molecule has 0 spiro atoms. The van der Waals surface area contributed by atoms with Crippen LogP contribution in [0.15, 0.2) is 0 Å². The molecule has 0 aliphatic carbocycles. The Kier molecular flexibility index (Phi) is 4.58. The van der Waals surface area contributed by atoms with Gasteiger partial charge in [0, 0.05) is 6.61 Å². The SMILES string of the molecule is CCOCc1nnc(NC(=O)CN2CC(=O)NC2=O)s1. The minimum atomic E-state index is -0.570. The Morgan fingerprint density at radius 3 is 2.95 bits per heavy atom. The first-order chi connectivity index (χ1) is 9.58. The molecule has 0 saturated carbocycles. The van der Waals surface area contributed by atoms with Gasteiger partial charge >= 0.3 is 6.03 Å². The summed E-state index contributed by atoms with van der Waals surface area (Å²) in [6.07, 6.45) is 0. The summed E-state index contributed by atoms with van der Waals surface area (Å²) in [7, 11) is 0. The van der Waals surface area contributed by atoms with Crippen LogP contribution in [0.25, 0.3) is 0 Å². The van der Waals surface area contributed by atoms with Crippen molar-refractivity contribution in [2.24, 2.45) is 0 Å². The number of ether oxygens (including phenoxy) is 1. The molecule has 1 aromatic heterocycles. The van der Waals surface area contributed by atoms with E-state index in [1.165, 1.54) is 11.3 Å². The van der Waals surface area contributed by atoms with E-state index >= 15 is 0 Å². The van der Waals surface area contributed by atoms with Crippen molar-refractivity contribution in [3.8, 4) is 0 Å². The van der Waals surface area contributed by atoms with Crippen LogP contribution < -0.4 is 10.6 Å². The average Bonchev–Trinajstić information content (AvgIpc) is 2.94. The zero-order chi connectivity index (χ0) is 14.5. The quantitative estimate of drug-likeness (QED) is 0.689. The summed E-state index contributed by atoms with van der Waals surface area (Å²) in [5, 5.41) is 13.2. The lowest BCUT2D eigenvalue weighted by molar-refractivity contribution is -0.119. The molecule has 0 bridgehead atoms. The first-order valence-corrected chi connectivity index (χ1v) is 6.69. The van der Waals surface area contributed by atoms with Crippen molar-refractivity contribution >= 4 is 34.3 Å². The minimum Gasteiger partial charge on any atom is -0.374 e. The van der Waals surface area contributed by atoms with Gasteiger partial charge in [0.1, 0.15) is 24.7 Å². The number of carbonyl (C=O) groups excluding carboxylic acids is 3. The maximum atomic E-state index is 11.7. The van der Waals surface area contributed by atoms with Crippen molar-refractivity contribution in [2.75, 3.05) is 25.0 Å². The maximum Gasteiger partial charge on any atom is 0.325 e. The minimum absolute atomic E-state index is 0.113. The van der Waals surface area contributed by atoms with E-state index in [-0.39, 0.29) is 13.1 Å². The predicted octanol–water partition coefficient (Wildman–Crippen LogP) is -0.435. The molecule has 1 saturated heterocycles. The molecule has 0 atom stereocenters. The summed E-state index contributed by atoms with van der Waals surface area (Å²) in [6.45, 7) is 2.45. The van der Waals surface area contributed by atoms with Crippen molar-refractivity contribution in [3.05, 3.63) is 5.01 Å². The number of nitrogens with one attached hydrogen (secondary N) is 2. The zero-order valence-electron chi connectivity index (χ0n) is 10.7. The van der Waals surface area contributed by atoms with Gasteiger partial charge in [-0.25, -0.2) is 4.79 Å². The van der Waals surface area contributed by atoms with Gasteiger partial charge in [-0.1, -0.05) is 11.3 Å². The number of aromatic nitrogens is 2. The van der Waals surface area contributed by atoms with Gasteiger partial charge < -0.3 is 9.64 Å². The second-order valence-corrected chi connectivity index (χ2v) is 4.96. The number of hydrogen-bond acceptors (Lipinski definition) is 7. The predicted molar refractivity (Wildman–Crippen MR) is 69.0 cm³/mol. The van der Waals surface area contributed by atoms with Gasteiger partial charge in [0.05, 0.1) is 0 Å². The Morgan fingerprint density at radius 2 is 2.30 bits per heavy atom. The normalized spacial score (nSPS) is 14.6. The van der Waals surface area contributed by atoms with Crippen molar-refractivity contribution in [1.29, 1.82) is 0 Å². The van der Waals surface area contributed by atoms with Crippen LogP contribution in [0.5, 0.6) is 0 Å².